The van der Waals surface area contributed by atoms with E-state index >= 15 is 0 Å². The molecule has 76 valence electrons. The third-order valence-corrected chi connectivity index (χ3v) is 3.41. The number of hydrogen-bond acceptors (Lipinski definition) is 4. The van der Waals surface area contributed by atoms with Crippen molar-refractivity contribution < 1.29 is 9.90 Å². The lowest BCUT2D eigenvalue weighted by Gasteiger charge is -2.13. The van der Waals surface area contributed by atoms with Crippen molar-refractivity contribution >= 4 is 17.2 Å². The van der Waals surface area contributed by atoms with Gasteiger partial charge in [-0.1, -0.05) is 0 Å². The van der Waals surface area contributed by atoms with E-state index in [4.69, 9.17) is 5.11 Å². The summed E-state index contributed by atoms with van der Waals surface area (Å²) in [4.78, 5) is 16.3. The molecule has 0 unspecified atom stereocenters. The molecule has 0 atom stereocenters. The molecule has 1 heterocycles. The van der Waals surface area contributed by atoms with Gasteiger partial charge in [0.2, 0.25) is 0 Å². The fourth-order valence-corrected chi connectivity index (χ4v) is 1.99. The van der Waals surface area contributed by atoms with E-state index in [-0.39, 0.29) is 18.1 Å². The topological polar surface area (TPSA) is 62.2 Å². The van der Waals surface area contributed by atoms with E-state index in [1.54, 1.807) is 5.51 Å². The molecular formula is C9H12N2O2S. The van der Waals surface area contributed by atoms with Crippen LogP contribution in [-0.2, 0) is 0 Å². The van der Waals surface area contributed by atoms with Gasteiger partial charge in [-0.3, -0.25) is 4.79 Å². The highest BCUT2D eigenvalue weighted by Gasteiger charge is 2.43. The maximum Gasteiger partial charge on any atom is 0.263 e. The molecule has 1 aliphatic rings. The fourth-order valence-electron chi connectivity index (χ4n) is 1.29. The Hall–Kier alpha value is -0.940. The molecule has 14 heavy (non-hydrogen) atoms. The third-order valence-electron chi connectivity index (χ3n) is 2.49. The summed E-state index contributed by atoms with van der Waals surface area (Å²) in [5, 5.41) is 11.9. The number of aromatic nitrogens is 1. The van der Waals surface area contributed by atoms with Crippen molar-refractivity contribution in [1.82, 2.24) is 10.3 Å². The predicted octanol–water partition coefficient (Wildman–Crippen LogP) is 0.706. The molecule has 2 rings (SSSR count). The van der Waals surface area contributed by atoms with E-state index in [0.29, 0.717) is 4.88 Å². The number of nitrogens with zero attached hydrogens (tertiary/aromatic N) is 1. The molecule has 1 fully saturated rings. The first-order valence-electron chi connectivity index (χ1n) is 4.50. The average Bonchev–Trinajstić information content (AvgIpc) is 2.80. The summed E-state index contributed by atoms with van der Waals surface area (Å²) in [6.45, 7) is 1.83. The van der Waals surface area contributed by atoms with Crippen LogP contribution in [0.2, 0.25) is 0 Å². The standard InChI is InChI=1S/C9H12N2O2S/c1-6-7(14-5-10-6)8(13)11-9(4-12)2-3-9/h5,12H,2-4H2,1H3,(H,11,13). The Labute approximate surface area is 86.0 Å². The molecular weight excluding hydrogens is 200 g/mol. The van der Waals surface area contributed by atoms with E-state index in [2.05, 4.69) is 10.3 Å². The van der Waals surface area contributed by atoms with Crippen molar-refractivity contribution in [1.29, 1.82) is 0 Å². The molecule has 0 bridgehead atoms. The van der Waals surface area contributed by atoms with Crippen molar-refractivity contribution in [3.05, 3.63) is 16.1 Å². The summed E-state index contributed by atoms with van der Waals surface area (Å²) < 4.78 is 0. The molecule has 0 spiro atoms. The zero-order chi connectivity index (χ0) is 10.2. The molecule has 1 amide bonds. The van der Waals surface area contributed by atoms with Crippen LogP contribution in [-0.4, -0.2) is 28.1 Å². The second kappa shape index (κ2) is 3.33. The second-order valence-corrected chi connectivity index (χ2v) is 4.51. The minimum Gasteiger partial charge on any atom is -0.394 e. The normalized spacial score (nSPS) is 17.9. The van der Waals surface area contributed by atoms with Gasteiger partial charge in [0.05, 0.1) is 23.4 Å². The summed E-state index contributed by atoms with van der Waals surface area (Å²) in [5.74, 6) is -0.114. The minimum absolute atomic E-state index is 0.0244. The smallest absolute Gasteiger partial charge is 0.263 e. The van der Waals surface area contributed by atoms with Crippen LogP contribution >= 0.6 is 11.3 Å². The molecule has 2 N–H and O–H groups in total. The van der Waals surface area contributed by atoms with Crippen LogP contribution in [0.4, 0.5) is 0 Å². The Morgan fingerprint density at radius 1 is 1.79 bits per heavy atom. The monoisotopic (exact) mass is 212 g/mol. The maximum absolute atomic E-state index is 11.7. The number of aryl methyl sites for hydroxylation is 1. The zero-order valence-corrected chi connectivity index (χ0v) is 8.73. The van der Waals surface area contributed by atoms with E-state index in [0.717, 1.165) is 18.5 Å². The van der Waals surface area contributed by atoms with Gasteiger partial charge < -0.3 is 10.4 Å². The quantitative estimate of drug-likeness (QED) is 0.775. The van der Waals surface area contributed by atoms with Crippen LogP contribution < -0.4 is 5.32 Å². The van der Waals surface area contributed by atoms with Gasteiger partial charge >= 0.3 is 0 Å². The van der Waals surface area contributed by atoms with Crippen LogP contribution in [0.5, 0.6) is 0 Å². The van der Waals surface area contributed by atoms with Gasteiger partial charge in [0.1, 0.15) is 4.88 Å². The average molecular weight is 212 g/mol. The van der Waals surface area contributed by atoms with E-state index in [1.165, 1.54) is 11.3 Å². The second-order valence-electron chi connectivity index (χ2n) is 3.66. The lowest BCUT2D eigenvalue weighted by Crippen LogP contribution is -2.39. The molecule has 1 aromatic rings. The highest BCUT2D eigenvalue weighted by atomic mass is 32.1. The van der Waals surface area contributed by atoms with E-state index < -0.39 is 0 Å². The predicted molar refractivity (Wildman–Crippen MR) is 53.4 cm³/mol. The van der Waals surface area contributed by atoms with Gasteiger partial charge in [0, 0.05) is 0 Å². The van der Waals surface area contributed by atoms with Crippen molar-refractivity contribution in [2.45, 2.75) is 25.3 Å². The molecule has 1 aromatic heterocycles. The Kier molecular flexibility index (Phi) is 2.28. The number of nitrogens with one attached hydrogen (secondary N) is 1. The molecule has 0 aliphatic heterocycles. The number of carbonyl (C=O) groups is 1. The lowest BCUT2D eigenvalue weighted by molar-refractivity contribution is 0.0910. The SMILES string of the molecule is Cc1ncsc1C(=O)NC1(CO)CC1. The van der Waals surface area contributed by atoms with Gasteiger partial charge in [-0.05, 0) is 19.8 Å². The first kappa shape index (κ1) is 9.61. The molecule has 4 nitrogen and oxygen atoms in total. The number of thiazole rings is 1. The van der Waals surface area contributed by atoms with Gasteiger partial charge in [-0.2, -0.15) is 0 Å². The van der Waals surface area contributed by atoms with Crippen LogP contribution in [0.25, 0.3) is 0 Å². The lowest BCUT2D eigenvalue weighted by atomic mass is 10.2. The van der Waals surface area contributed by atoms with Crippen LogP contribution in [0.1, 0.15) is 28.2 Å². The Morgan fingerprint density at radius 2 is 2.50 bits per heavy atom. The van der Waals surface area contributed by atoms with E-state index in [1.807, 2.05) is 6.92 Å². The molecule has 5 heteroatoms. The van der Waals surface area contributed by atoms with Crippen LogP contribution in [0.15, 0.2) is 5.51 Å². The number of aliphatic hydroxyl groups excluding tert-OH is 1. The maximum atomic E-state index is 11.7. The molecule has 0 aromatic carbocycles. The van der Waals surface area contributed by atoms with Gasteiger partial charge in [-0.15, -0.1) is 11.3 Å². The van der Waals surface area contributed by atoms with Gasteiger partial charge in [0.15, 0.2) is 0 Å². The van der Waals surface area contributed by atoms with Crippen molar-refractivity contribution in [2.24, 2.45) is 0 Å². The van der Waals surface area contributed by atoms with Gasteiger partial charge in [0.25, 0.3) is 5.91 Å². The molecule has 1 aliphatic carbocycles. The van der Waals surface area contributed by atoms with Crippen molar-refractivity contribution in [2.75, 3.05) is 6.61 Å². The summed E-state index contributed by atoms with van der Waals surface area (Å²) >= 11 is 1.33. The highest BCUT2D eigenvalue weighted by Crippen LogP contribution is 2.35. The first-order chi connectivity index (χ1) is 6.67. The molecule has 1 saturated carbocycles. The summed E-state index contributed by atoms with van der Waals surface area (Å²) in [6.07, 6.45) is 1.74. The highest BCUT2D eigenvalue weighted by molar-refractivity contribution is 7.11. The summed E-state index contributed by atoms with van der Waals surface area (Å²) in [7, 11) is 0. The van der Waals surface area contributed by atoms with Gasteiger partial charge in [-0.25, -0.2) is 4.98 Å². The van der Waals surface area contributed by atoms with E-state index in [9.17, 15) is 4.79 Å². The Balaban J connectivity index is 2.07. The summed E-state index contributed by atoms with van der Waals surface area (Å²) in [5.41, 5.74) is 2.07. The third kappa shape index (κ3) is 1.65. The zero-order valence-electron chi connectivity index (χ0n) is 7.91. The number of aliphatic hydroxyl groups is 1. The molecule has 0 saturated heterocycles. The first-order valence-corrected chi connectivity index (χ1v) is 5.38. The van der Waals surface area contributed by atoms with Crippen molar-refractivity contribution in [3.8, 4) is 0 Å². The van der Waals surface area contributed by atoms with Crippen molar-refractivity contribution in [3.63, 3.8) is 0 Å². The Morgan fingerprint density at radius 3 is 2.93 bits per heavy atom. The number of hydrogen-bond donors (Lipinski definition) is 2. The number of carbonyl (C=O) groups excluding carboxylic acids is 1. The molecule has 0 radical (unpaired) electrons. The Bertz CT molecular complexity index is 357. The van der Waals surface area contributed by atoms with Crippen LogP contribution in [0, 0.1) is 6.92 Å². The minimum atomic E-state index is -0.340. The largest absolute Gasteiger partial charge is 0.394 e. The number of rotatable bonds is 3. The number of amides is 1. The fraction of sp³-hybridized carbons (Fsp3) is 0.556. The van der Waals surface area contributed by atoms with Crippen LogP contribution in [0.3, 0.4) is 0 Å². The summed E-state index contributed by atoms with van der Waals surface area (Å²) in [6, 6.07) is 0.